The van der Waals surface area contributed by atoms with Crippen LogP contribution in [-0.4, -0.2) is 49.9 Å². The number of aryl methyl sites for hydroxylation is 2. The van der Waals surface area contributed by atoms with Crippen molar-refractivity contribution in [3.8, 4) is 0 Å². The first-order valence-electron chi connectivity index (χ1n) is 7.48. The third-order valence-corrected chi connectivity index (χ3v) is 3.80. The third-order valence-electron chi connectivity index (χ3n) is 3.80. The van der Waals surface area contributed by atoms with Crippen LogP contribution < -0.4 is 0 Å². The molecule has 1 aromatic rings. The highest BCUT2D eigenvalue weighted by molar-refractivity contribution is 5.54. The molecule has 0 spiro atoms. The Kier molecular flexibility index (Phi) is 7.03. The van der Waals surface area contributed by atoms with E-state index >= 15 is 0 Å². The normalized spacial score (nSPS) is 17.9. The maximum atomic E-state index is 9.92. The number of benzene rings is 1. The fraction of sp³-hybridized carbons (Fsp3) is 0.529. The molecule has 5 nitrogen and oxygen atoms in total. The summed E-state index contributed by atoms with van der Waals surface area (Å²) in [4.78, 5) is 0. The average Bonchev–Trinajstić information content (AvgIpc) is 2.48. The van der Waals surface area contributed by atoms with Crippen molar-refractivity contribution < 1.29 is 25.5 Å². The first kappa shape index (κ1) is 18.6. The molecule has 5 N–H and O–H groups in total. The second-order valence-electron chi connectivity index (χ2n) is 5.69. The number of hydrogen-bond acceptors (Lipinski definition) is 5. The van der Waals surface area contributed by atoms with Gasteiger partial charge >= 0.3 is 0 Å². The van der Waals surface area contributed by atoms with Crippen LogP contribution in [0.5, 0.6) is 0 Å². The van der Waals surface area contributed by atoms with E-state index in [0.717, 1.165) is 11.1 Å². The molecule has 0 aromatic heterocycles. The molecular formula is C17H26O5. The van der Waals surface area contributed by atoms with Crippen molar-refractivity contribution >= 4 is 6.08 Å². The van der Waals surface area contributed by atoms with Crippen LogP contribution in [0.4, 0.5) is 0 Å². The zero-order chi connectivity index (χ0) is 16.9. The van der Waals surface area contributed by atoms with Crippen molar-refractivity contribution in [3.05, 3.63) is 40.6 Å². The first-order chi connectivity index (χ1) is 10.3. The quantitative estimate of drug-likeness (QED) is 0.491. The lowest BCUT2D eigenvalue weighted by molar-refractivity contribution is -0.104. The predicted molar refractivity (Wildman–Crippen MR) is 85.5 cm³/mol. The van der Waals surface area contributed by atoms with Crippen LogP contribution in [0, 0.1) is 13.8 Å². The molecule has 124 valence electrons. The van der Waals surface area contributed by atoms with E-state index < -0.39 is 30.2 Å². The number of aliphatic hydroxyl groups is 5. The Morgan fingerprint density at radius 1 is 1.05 bits per heavy atom. The number of rotatable bonds is 7. The molecule has 1 aromatic carbocycles. The van der Waals surface area contributed by atoms with Crippen molar-refractivity contribution in [2.45, 2.75) is 58.0 Å². The van der Waals surface area contributed by atoms with Crippen LogP contribution in [-0.2, 0) is 0 Å². The summed E-state index contributed by atoms with van der Waals surface area (Å²) >= 11 is 0. The Bertz CT molecular complexity index is 512. The summed E-state index contributed by atoms with van der Waals surface area (Å²) < 4.78 is 0. The van der Waals surface area contributed by atoms with E-state index in [2.05, 4.69) is 0 Å². The van der Waals surface area contributed by atoms with Gasteiger partial charge in [-0.2, -0.15) is 0 Å². The molecule has 1 unspecified atom stereocenters. The molecule has 0 aliphatic rings. The summed E-state index contributed by atoms with van der Waals surface area (Å²) in [6, 6.07) is 5.50. The van der Waals surface area contributed by atoms with Crippen molar-refractivity contribution in [2.75, 3.05) is 0 Å². The molecular weight excluding hydrogens is 284 g/mol. The topological polar surface area (TPSA) is 101 Å². The third kappa shape index (κ3) is 4.81. The highest BCUT2D eigenvalue weighted by Crippen LogP contribution is 2.17. The van der Waals surface area contributed by atoms with Gasteiger partial charge in [-0.05, 0) is 43.0 Å². The Labute approximate surface area is 131 Å². The number of hydrogen-bond donors (Lipinski definition) is 5. The van der Waals surface area contributed by atoms with Gasteiger partial charge in [0.05, 0.1) is 6.10 Å². The van der Waals surface area contributed by atoms with Gasteiger partial charge in [-0.3, -0.25) is 0 Å². The average molecular weight is 310 g/mol. The lowest BCUT2D eigenvalue weighted by Crippen LogP contribution is -2.45. The molecule has 0 fully saturated rings. The molecule has 0 radical (unpaired) electrons. The molecule has 0 saturated heterocycles. The standard InChI is InChI=1S/C17H26O5/c1-4-5-13(18)15(20)17(22)16(21)14(19)9-12-7-6-10(2)11(3)8-12/h6-9,13,15-22H,4-5H2,1-3H3/t13?,15-,16+,17+/m0/s1. The summed E-state index contributed by atoms with van der Waals surface area (Å²) in [6.07, 6.45) is -3.74. The van der Waals surface area contributed by atoms with Crippen molar-refractivity contribution in [1.29, 1.82) is 0 Å². The van der Waals surface area contributed by atoms with Crippen LogP contribution >= 0.6 is 0 Å². The molecule has 0 saturated carbocycles. The second kappa shape index (κ2) is 8.29. The fourth-order valence-electron chi connectivity index (χ4n) is 2.17. The maximum absolute atomic E-state index is 9.92. The van der Waals surface area contributed by atoms with Crippen molar-refractivity contribution in [1.82, 2.24) is 0 Å². The minimum absolute atomic E-state index is 0.298. The lowest BCUT2D eigenvalue weighted by atomic mass is 9.98. The van der Waals surface area contributed by atoms with E-state index in [1.165, 1.54) is 6.08 Å². The molecule has 0 heterocycles. The van der Waals surface area contributed by atoms with Gasteiger partial charge in [0.25, 0.3) is 0 Å². The van der Waals surface area contributed by atoms with E-state index in [0.29, 0.717) is 18.4 Å². The summed E-state index contributed by atoms with van der Waals surface area (Å²) in [7, 11) is 0. The second-order valence-corrected chi connectivity index (χ2v) is 5.69. The van der Waals surface area contributed by atoms with Crippen LogP contribution in [0.25, 0.3) is 6.08 Å². The van der Waals surface area contributed by atoms with E-state index in [1.54, 1.807) is 6.07 Å². The predicted octanol–water partition coefficient (Wildman–Crippen LogP) is 1.45. The van der Waals surface area contributed by atoms with Crippen LogP contribution in [0.15, 0.2) is 24.0 Å². The van der Waals surface area contributed by atoms with E-state index in [4.69, 9.17) is 0 Å². The fourth-order valence-corrected chi connectivity index (χ4v) is 2.17. The first-order valence-corrected chi connectivity index (χ1v) is 7.48. The number of aliphatic hydroxyl groups excluding tert-OH is 5. The zero-order valence-electron chi connectivity index (χ0n) is 13.3. The van der Waals surface area contributed by atoms with Crippen molar-refractivity contribution in [3.63, 3.8) is 0 Å². The van der Waals surface area contributed by atoms with Gasteiger partial charge in [0.2, 0.25) is 0 Å². The molecule has 1 rings (SSSR count). The molecule has 4 atom stereocenters. The Morgan fingerprint density at radius 2 is 1.68 bits per heavy atom. The minimum Gasteiger partial charge on any atom is -0.509 e. The lowest BCUT2D eigenvalue weighted by Gasteiger charge is -2.26. The molecule has 22 heavy (non-hydrogen) atoms. The summed E-state index contributed by atoms with van der Waals surface area (Å²) in [5, 5.41) is 49.1. The molecule has 0 bridgehead atoms. The van der Waals surface area contributed by atoms with Gasteiger partial charge in [-0.15, -0.1) is 0 Å². The van der Waals surface area contributed by atoms with Crippen LogP contribution in [0.2, 0.25) is 0 Å². The van der Waals surface area contributed by atoms with Gasteiger partial charge in [0.1, 0.15) is 24.1 Å². The van der Waals surface area contributed by atoms with E-state index in [1.807, 2.05) is 32.9 Å². The van der Waals surface area contributed by atoms with Gasteiger partial charge in [0, 0.05) is 0 Å². The Balaban J connectivity index is 2.84. The van der Waals surface area contributed by atoms with E-state index in [9.17, 15) is 25.5 Å². The maximum Gasteiger partial charge on any atom is 0.139 e. The summed E-state index contributed by atoms with van der Waals surface area (Å²) in [6.45, 7) is 5.72. The molecule has 0 aliphatic heterocycles. The smallest absolute Gasteiger partial charge is 0.139 e. The van der Waals surface area contributed by atoms with Crippen molar-refractivity contribution in [2.24, 2.45) is 0 Å². The van der Waals surface area contributed by atoms with Crippen LogP contribution in [0.3, 0.4) is 0 Å². The highest BCUT2D eigenvalue weighted by Gasteiger charge is 2.31. The SMILES string of the molecule is CCCC(O)[C@H](O)[C@@H](O)[C@H](O)C(O)=Cc1ccc(C)c(C)c1. The largest absolute Gasteiger partial charge is 0.509 e. The van der Waals surface area contributed by atoms with E-state index in [-0.39, 0.29) is 0 Å². The molecule has 5 heteroatoms. The molecule has 0 aliphatic carbocycles. The Hall–Kier alpha value is -1.40. The van der Waals surface area contributed by atoms with Gasteiger partial charge in [-0.25, -0.2) is 0 Å². The zero-order valence-corrected chi connectivity index (χ0v) is 13.3. The Morgan fingerprint density at radius 3 is 2.23 bits per heavy atom. The summed E-state index contributed by atoms with van der Waals surface area (Å²) in [5.41, 5.74) is 2.82. The van der Waals surface area contributed by atoms with Gasteiger partial charge in [-0.1, -0.05) is 31.5 Å². The monoisotopic (exact) mass is 310 g/mol. The molecule has 0 amide bonds. The highest BCUT2D eigenvalue weighted by atomic mass is 16.4. The van der Waals surface area contributed by atoms with Gasteiger partial charge in [0.15, 0.2) is 0 Å². The van der Waals surface area contributed by atoms with Gasteiger partial charge < -0.3 is 25.5 Å². The minimum atomic E-state index is -1.66. The summed E-state index contributed by atoms with van der Waals surface area (Å²) in [5.74, 6) is -0.460. The van der Waals surface area contributed by atoms with Crippen LogP contribution in [0.1, 0.15) is 36.5 Å².